The van der Waals surface area contributed by atoms with Gasteiger partial charge in [0.1, 0.15) is 11.6 Å². The van der Waals surface area contributed by atoms with Crippen molar-refractivity contribution in [3.63, 3.8) is 0 Å². The third-order valence-electron chi connectivity index (χ3n) is 5.92. The Balaban J connectivity index is 1.34. The molecule has 2 aliphatic heterocycles. The molecule has 0 spiro atoms. The number of hydrogen-bond acceptors (Lipinski definition) is 3. The molecule has 1 N–H and O–H groups in total. The van der Waals surface area contributed by atoms with E-state index in [1.165, 1.54) is 19.3 Å². The Bertz CT molecular complexity index is 764. The van der Waals surface area contributed by atoms with Gasteiger partial charge in [-0.05, 0) is 38.2 Å². The maximum absolute atomic E-state index is 12.6. The summed E-state index contributed by atoms with van der Waals surface area (Å²) in [5.74, 6) is 2.71. The number of likely N-dealkylation sites (tertiary alicyclic amines) is 1. The Morgan fingerprint density at radius 2 is 1.85 bits per heavy atom. The molecule has 3 heterocycles. The van der Waals surface area contributed by atoms with Crippen LogP contribution in [0.1, 0.15) is 68.2 Å². The van der Waals surface area contributed by atoms with Crippen LogP contribution in [-0.4, -0.2) is 38.8 Å². The molecule has 2 aromatic rings. The largest absolute Gasteiger partial charge is 0.331 e. The third kappa shape index (κ3) is 3.99. The van der Waals surface area contributed by atoms with Crippen LogP contribution in [0.25, 0.3) is 0 Å². The number of fused-ring (bicyclic) bond motifs is 1. The lowest BCUT2D eigenvalue weighted by Crippen LogP contribution is -2.45. The van der Waals surface area contributed by atoms with Crippen LogP contribution in [0, 0.1) is 0 Å². The number of nitrogens with one attached hydrogen (secondary N) is 1. The molecule has 144 valence electrons. The molecule has 6 heteroatoms. The Kier molecular flexibility index (Phi) is 5.41. The molecule has 1 atom stereocenters. The molecule has 2 amide bonds. The highest BCUT2D eigenvalue weighted by Crippen LogP contribution is 2.29. The van der Waals surface area contributed by atoms with E-state index in [9.17, 15) is 4.79 Å². The average Bonchev–Trinajstić information content (AvgIpc) is 2.97. The van der Waals surface area contributed by atoms with Crippen LogP contribution in [0.2, 0.25) is 0 Å². The SMILES string of the molecule is C[C@@H](NC(=O)N1CCC(c2nnc3n2CCCCC3)CC1)c1ccccc1. The molecule has 0 radical (unpaired) electrons. The van der Waals surface area contributed by atoms with Crippen LogP contribution in [-0.2, 0) is 13.0 Å². The van der Waals surface area contributed by atoms with Crippen LogP contribution >= 0.6 is 0 Å². The molecule has 1 aromatic heterocycles. The summed E-state index contributed by atoms with van der Waals surface area (Å²) in [6, 6.07) is 10.2. The molecule has 27 heavy (non-hydrogen) atoms. The van der Waals surface area contributed by atoms with Crippen molar-refractivity contribution < 1.29 is 4.79 Å². The van der Waals surface area contributed by atoms with E-state index < -0.39 is 0 Å². The number of benzene rings is 1. The Hall–Kier alpha value is -2.37. The van der Waals surface area contributed by atoms with E-state index >= 15 is 0 Å². The number of amides is 2. The highest BCUT2D eigenvalue weighted by atomic mass is 16.2. The third-order valence-corrected chi connectivity index (χ3v) is 5.92. The van der Waals surface area contributed by atoms with E-state index in [1.807, 2.05) is 42.2 Å². The summed E-state index contributed by atoms with van der Waals surface area (Å²) in [4.78, 5) is 14.6. The van der Waals surface area contributed by atoms with E-state index in [2.05, 4.69) is 20.1 Å². The van der Waals surface area contributed by atoms with Crippen molar-refractivity contribution in [1.82, 2.24) is 25.0 Å². The molecule has 0 saturated carbocycles. The Morgan fingerprint density at radius 1 is 1.07 bits per heavy atom. The zero-order chi connectivity index (χ0) is 18.6. The summed E-state index contributed by atoms with van der Waals surface area (Å²) < 4.78 is 2.35. The van der Waals surface area contributed by atoms with Crippen LogP contribution in [0.4, 0.5) is 4.79 Å². The normalized spacial score (nSPS) is 19.2. The second kappa shape index (κ2) is 8.11. The van der Waals surface area contributed by atoms with Crippen LogP contribution in [0.15, 0.2) is 30.3 Å². The minimum absolute atomic E-state index is 0.0173. The monoisotopic (exact) mass is 367 g/mol. The first-order valence-electron chi connectivity index (χ1n) is 10.2. The molecule has 1 saturated heterocycles. The lowest BCUT2D eigenvalue weighted by Gasteiger charge is -2.32. The standard InChI is InChI=1S/C21H29N5O/c1-16(17-8-4-2-5-9-17)22-21(27)25-14-11-18(12-15-25)20-24-23-19-10-6-3-7-13-26(19)20/h2,4-5,8-9,16,18H,3,6-7,10-15H2,1H3,(H,22,27)/t16-/m1/s1. The zero-order valence-corrected chi connectivity index (χ0v) is 16.1. The number of aromatic nitrogens is 3. The first-order chi connectivity index (χ1) is 13.2. The van der Waals surface area contributed by atoms with Crippen LogP contribution < -0.4 is 5.32 Å². The maximum Gasteiger partial charge on any atom is 0.317 e. The van der Waals surface area contributed by atoms with Gasteiger partial charge in [0.15, 0.2) is 0 Å². The van der Waals surface area contributed by atoms with E-state index in [-0.39, 0.29) is 12.1 Å². The van der Waals surface area contributed by atoms with Crippen molar-refractivity contribution in [2.24, 2.45) is 0 Å². The molecular weight excluding hydrogens is 338 g/mol. The Labute approximate surface area is 161 Å². The van der Waals surface area contributed by atoms with Crippen LogP contribution in [0.5, 0.6) is 0 Å². The topological polar surface area (TPSA) is 63.1 Å². The number of carbonyl (C=O) groups is 1. The quantitative estimate of drug-likeness (QED) is 0.900. The number of piperidine rings is 1. The highest BCUT2D eigenvalue weighted by Gasteiger charge is 2.28. The molecule has 6 nitrogen and oxygen atoms in total. The smallest absolute Gasteiger partial charge is 0.317 e. The molecular formula is C21H29N5O. The van der Waals surface area contributed by atoms with Crippen molar-refractivity contribution in [3.8, 4) is 0 Å². The minimum Gasteiger partial charge on any atom is -0.331 e. The van der Waals surface area contributed by atoms with E-state index in [0.29, 0.717) is 5.92 Å². The fourth-order valence-corrected chi connectivity index (χ4v) is 4.25. The van der Waals surface area contributed by atoms with Gasteiger partial charge in [-0.1, -0.05) is 36.8 Å². The molecule has 1 aromatic carbocycles. The van der Waals surface area contributed by atoms with E-state index in [4.69, 9.17) is 0 Å². The molecule has 4 rings (SSSR count). The summed E-state index contributed by atoms with van der Waals surface area (Å²) in [6.45, 7) is 4.64. The van der Waals surface area contributed by atoms with Gasteiger partial charge in [0.2, 0.25) is 0 Å². The number of rotatable bonds is 3. The first-order valence-corrected chi connectivity index (χ1v) is 10.2. The van der Waals surface area contributed by atoms with Crippen molar-refractivity contribution in [2.75, 3.05) is 13.1 Å². The zero-order valence-electron chi connectivity index (χ0n) is 16.1. The number of hydrogen-bond donors (Lipinski definition) is 1. The maximum atomic E-state index is 12.6. The summed E-state index contributed by atoms with van der Waals surface area (Å²) >= 11 is 0. The van der Waals surface area contributed by atoms with E-state index in [1.54, 1.807) is 0 Å². The second-order valence-corrected chi connectivity index (χ2v) is 7.78. The number of urea groups is 1. The van der Waals surface area contributed by atoms with Gasteiger partial charge in [0, 0.05) is 32.0 Å². The van der Waals surface area contributed by atoms with Gasteiger partial charge in [-0.25, -0.2) is 4.79 Å². The van der Waals surface area contributed by atoms with Gasteiger partial charge >= 0.3 is 6.03 Å². The summed E-state index contributed by atoms with van der Waals surface area (Å²) in [5, 5.41) is 12.1. The highest BCUT2D eigenvalue weighted by molar-refractivity contribution is 5.74. The molecule has 0 unspecified atom stereocenters. The Morgan fingerprint density at radius 3 is 2.63 bits per heavy atom. The summed E-state index contributed by atoms with van der Waals surface area (Å²) in [6.07, 6.45) is 6.69. The van der Waals surface area contributed by atoms with Gasteiger partial charge < -0.3 is 14.8 Å². The van der Waals surface area contributed by atoms with Gasteiger partial charge in [-0.15, -0.1) is 10.2 Å². The van der Waals surface area contributed by atoms with Gasteiger partial charge in [-0.3, -0.25) is 0 Å². The number of carbonyl (C=O) groups excluding carboxylic acids is 1. The predicted molar refractivity (Wildman–Crippen MR) is 105 cm³/mol. The molecule has 2 aliphatic rings. The minimum atomic E-state index is 0.0173. The van der Waals surface area contributed by atoms with Crippen LogP contribution in [0.3, 0.4) is 0 Å². The fourth-order valence-electron chi connectivity index (χ4n) is 4.25. The summed E-state index contributed by atoms with van der Waals surface area (Å²) in [7, 11) is 0. The summed E-state index contributed by atoms with van der Waals surface area (Å²) in [5.41, 5.74) is 1.13. The van der Waals surface area contributed by atoms with Gasteiger partial charge in [-0.2, -0.15) is 0 Å². The van der Waals surface area contributed by atoms with Crippen molar-refractivity contribution >= 4 is 6.03 Å². The fraction of sp³-hybridized carbons (Fsp3) is 0.571. The lowest BCUT2D eigenvalue weighted by atomic mass is 9.96. The predicted octanol–water partition coefficient (Wildman–Crippen LogP) is 3.65. The van der Waals surface area contributed by atoms with Crippen molar-refractivity contribution in [2.45, 2.75) is 64.0 Å². The van der Waals surface area contributed by atoms with Gasteiger partial charge in [0.25, 0.3) is 0 Å². The average molecular weight is 367 g/mol. The lowest BCUT2D eigenvalue weighted by molar-refractivity contribution is 0.177. The number of nitrogens with zero attached hydrogens (tertiary/aromatic N) is 4. The van der Waals surface area contributed by atoms with E-state index in [0.717, 1.165) is 56.1 Å². The molecule has 0 aliphatic carbocycles. The van der Waals surface area contributed by atoms with Crippen molar-refractivity contribution in [3.05, 3.63) is 47.5 Å². The van der Waals surface area contributed by atoms with Crippen molar-refractivity contribution in [1.29, 1.82) is 0 Å². The molecule has 1 fully saturated rings. The number of aryl methyl sites for hydroxylation is 1. The van der Waals surface area contributed by atoms with Gasteiger partial charge in [0.05, 0.1) is 6.04 Å². The molecule has 0 bridgehead atoms. The second-order valence-electron chi connectivity index (χ2n) is 7.78. The first kappa shape index (κ1) is 18.0.